The lowest BCUT2D eigenvalue weighted by atomic mass is 10.3. The summed E-state index contributed by atoms with van der Waals surface area (Å²) in [6, 6.07) is 10.1. The van der Waals surface area contributed by atoms with E-state index in [0.29, 0.717) is 37.8 Å². The van der Waals surface area contributed by atoms with Gasteiger partial charge in [-0.3, -0.25) is 4.79 Å². The molecule has 1 aliphatic heterocycles. The van der Waals surface area contributed by atoms with E-state index >= 15 is 0 Å². The number of sulfonamides is 1. The van der Waals surface area contributed by atoms with E-state index in [-0.39, 0.29) is 23.5 Å². The molecule has 0 spiro atoms. The molecule has 28 heavy (non-hydrogen) atoms. The van der Waals surface area contributed by atoms with Gasteiger partial charge >= 0.3 is 0 Å². The second-order valence-corrected chi connectivity index (χ2v) is 8.68. The highest BCUT2D eigenvalue weighted by Crippen LogP contribution is 2.30. The summed E-state index contributed by atoms with van der Waals surface area (Å²) in [5, 5.41) is 2.77. The Balaban J connectivity index is 1.33. The Morgan fingerprint density at radius 2 is 1.82 bits per heavy atom. The Morgan fingerprint density at radius 1 is 1.11 bits per heavy atom. The Bertz CT molecular complexity index is 928. The van der Waals surface area contributed by atoms with E-state index in [2.05, 4.69) is 5.32 Å². The van der Waals surface area contributed by atoms with Crippen molar-refractivity contribution < 1.29 is 27.1 Å². The Kier molecular flexibility index (Phi) is 5.38. The molecular formula is C19H22N2O6S. The van der Waals surface area contributed by atoms with Crippen LogP contribution >= 0.6 is 0 Å². The van der Waals surface area contributed by atoms with Gasteiger partial charge in [0.2, 0.25) is 11.0 Å². The standard InChI is InChI=1S/C19H22N2O6S/c22-19(14-1-2-14)20-15-3-5-16(6-4-15)26-13-17-7-8-18(27-17)28(23,24)21-9-11-25-12-10-21/h3-8,14H,1-2,9-13H2,(H,20,22). The van der Waals surface area contributed by atoms with Crippen LogP contribution in [0.2, 0.25) is 0 Å². The number of hydrogen-bond acceptors (Lipinski definition) is 6. The zero-order chi connectivity index (χ0) is 19.6. The third kappa shape index (κ3) is 4.37. The first-order chi connectivity index (χ1) is 13.5. The number of nitrogens with zero attached hydrogens (tertiary/aromatic N) is 1. The highest BCUT2D eigenvalue weighted by Gasteiger charge is 2.30. The molecule has 0 bridgehead atoms. The predicted molar refractivity (Wildman–Crippen MR) is 100 cm³/mol. The molecule has 9 heteroatoms. The molecule has 4 rings (SSSR count). The Labute approximate surface area is 163 Å². The first-order valence-corrected chi connectivity index (χ1v) is 10.7. The molecule has 0 atom stereocenters. The fraction of sp³-hybridized carbons (Fsp3) is 0.421. The van der Waals surface area contributed by atoms with E-state index in [1.807, 2.05) is 0 Å². The summed E-state index contributed by atoms with van der Waals surface area (Å²) < 4.78 is 42.8. The summed E-state index contributed by atoms with van der Waals surface area (Å²) in [5.74, 6) is 1.22. The first kappa shape index (κ1) is 19.0. The second kappa shape index (κ2) is 7.94. The monoisotopic (exact) mass is 406 g/mol. The molecule has 2 heterocycles. The summed E-state index contributed by atoms with van der Waals surface area (Å²) in [5.41, 5.74) is 0.723. The minimum Gasteiger partial charge on any atom is -0.486 e. The molecule has 2 fully saturated rings. The van der Waals surface area contributed by atoms with Crippen LogP contribution in [0.25, 0.3) is 0 Å². The van der Waals surface area contributed by atoms with Crippen molar-refractivity contribution in [2.24, 2.45) is 5.92 Å². The van der Waals surface area contributed by atoms with Crippen LogP contribution in [0.3, 0.4) is 0 Å². The van der Waals surface area contributed by atoms with Crippen LogP contribution in [-0.4, -0.2) is 44.9 Å². The van der Waals surface area contributed by atoms with Gasteiger partial charge in [0.1, 0.15) is 18.1 Å². The van der Waals surface area contributed by atoms with Gasteiger partial charge in [-0.25, -0.2) is 8.42 Å². The van der Waals surface area contributed by atoms with E-state index in [1.54, 1.807) is 30.3 Å². The molecule has 1 saturated carbocycles. The molecule has 1 saturated heterocycles. The summed E-state index contributed by atoms with van der Waals surface area (Å²) in [4.78, 5) is 11.8. The molecule has 1 N–H and O–H groups in total. The fourth-order valence-electron chi connectivity index (χ4n) is 2.87. The number of ether oxygens (including phenoxy) is 2. The van der Waals surface area contributed by atoms with E-state index in [9.17, 15) is 13.2 Å². The third-order valence-corrected chi connectivity index (χ3v) is 6.43. The van der Waals surface area contributed by atoms with Crippen LogP contribution in [0.15, 0.2) is 45.9 Å². The van der Waals surface area contributed by atoms with Crippen LogP contribution in [0, 0.1) is 5.92 Å². The van der Waals surface area contributed by atoms with Gasteiger partial charge in [-0.05, 0) is 49.2 Å². The minimum atomic E-state index is -3.65. The lowest BCUT2D eigenvalue weighted by Crippen LogP contribution is -2.40. The maximum absolute atomic E-state index is 12.6. The summed E-state index contributed by atoms with van der Waals surface area (Å²) in [7, 11) is -3.65. The fourth-order valence-corrected chi connectivity index (χ4v) is 4.20. The lowest BCUT2D eigenvalue weighted by Gasteiger charge is -2.24. The SMILES string of the molecule is O=C(Nc1ccc(OCc2ccc(S(=O)(=O)N3CCOCC3)o2)cc1)C1CC1. The van der Waals surface area contributed by atoms with Gasteiger partial charge in [-0.15, -0.1) is 0 Å². The first-order valence-electron chi connectivity index (χ1n) is 9.23. The van der Waals surface area contributed by atoms with Crippen molar-refractivity contribution in [3.8, 4) is 5.75 Å². The van der Waals surface area contributed by atoms with Crippen LogP contribution in [0.5, 0.6) is 5.75 Å². The van der Waals surface area contributed by atoms with Crippen LogP contribution in [0.1, 0.15) is 18.6 Å². The Hall–Kier alpha value is -2.36. The van der Waals surface area contributed by atoms with Crippen LogP contribution < -0.4 is 10.1 Å². The molecule has 0 radical (unpaired) electrons. The quantitative estimate of drug-likeness (QED) is 0.757. The van der Waals surface area contributed by atoms with E-state index in [0.717, 1.165) is 18.5 Å². The average molecular weight is 406 g/mol. The lowest BCUT2D eigenvalue weighted by molar-refractivity contribution is -0.117. The minimum absolute atomic E-state index is 0.0539. The number of carbonyl (C=O) groups excluding carboxylic acids is 1. The summed E-state index contributed by atoms with van der Waals surface area (Å²) >= 11 is 0. The molecule has 1 amide bonds. The summed E-state index contributed by atoms with van der Waals surface area (Å²) in [6.07, 6.45) is 1.92. The van der Waals surface area contributed by atoms with Gasteiger partial charge in [-0.2, -0.15) is 4.31 Å². The second-order valence-electron chi connectivity index (χ2n) is 6.81. The number of benzene rings is 1. The van der Waals surface area contributed by atoms with Crippen molar-refractivity contribution >= 4 is 21.6 Å². The zero-order valence-electron chi connectivity index (χ0n) is 15.3. The van der Waals surface area contributed by atoms with Gasteiger partial charge in [-0.1, -0.05) is 0 Å². The largest absolute Gasteiger partial charge is 0.486 e. The number of carbonyl (C=O) groups is 1. The van der Waals surface area contributed by atoms with Gasteiger partial charge < -0.3 is 19.2 Å². The smallest absolute Gasteiger partial charge is 0.276 e. The maximum atomic E-state index is 12.6. The summed E-state index contributed by atoms with van der Waals surface area (Å²) in [6.45, 7) is 1.50. The molecule has 8 nitrogen and oxygen atoms in total. The van der Waals surface area contributed by atoms with Crippen molar-refractivity contribution in [2.75, 3.05) is 31.6 Å². The molecule has 2 aliphatic rings. The van der Waals surface area contributed by atoms with Crippen LogP contribution in [0.4, 0.5) is 5.69 Å². The van der Waals surface area contributed by atoms with E-state index in [1.165, 1.54) is 10.4 Å². The molecule has 1 aromatic heterocycles. The number of rotatable bonds is 7. The van der Waals surface area contributed by atoms with Gasteiger partial charge in [0.25, 0.3) is 10.0 Å². The number of hydrogen-bond donors (Lipinski definition) is 1. The van der Waals surface area contributed by atoms with Crippen molar-refractivity contribution in [2.45, 2.75) is 24.5 Å². The third-order valence-electron chi connectivity index (χ3n) is 4.65. The predicted octanol–water partition coefficient (Wildman–Crippen LogP) is 2.23. The highest BCUT2D eigenvalue weighted by atomic mass is 32.2. The van der Waals surface area contributed by atoms with E-state index in [4.69, 9.17) is 13.9 Å². The zero-order valence-corrected chi connectivity index (χ0v) is 16.1. The van der Waals surface area contributed by atoms with Crippen molar-refractivity contribution in [1.29, 1.82) is 0 Å². The van der Waals surface area contributed by atoms with Crippen LogP contribution in [-0.2, 0) is 26.2 Å². The molecule has 2 aromatic rings. The van der Waals surface area contributed by atoms with Gasteiger partial charge in [0.05, 0.1) is 13.2 Å². The van der Waals surface area contributed by atoms with Gasteiger partial charge in [0.15, 0.2) is 0 Å². The molecule has 0 unspecified atom stereocenters. The van der Waals surface area contributed by atoms with Crippen molar-refractivity contribution in [3.63, 3.8) is 0 Å². The number of amides is 1. The van der Waals surface area contributed by atoms with Crippen molar-refractivity contribution in [3.05, 3.63) is 42.2 Å². The molecular weight excluding hydrogens is 384 g/mol. The van der Waals surface area contributed by atoms with Gasteiger partial charge in [0, 0.05) is 24.7 Å². The highest BCUT2D eigenvalue weighted by molar-refractivity contribution is 7.89. The topological polar surface area (TPSA) is 98.1 Å². The number of nitrogens with one attached hydrogen (secondary N) is 1. The average Bonchev–Trinajstić information content (AvgIpc) is 3.46. The number of morpholine rings is 1. The number of furan rings is 1. The van der Waals surface area contributed by atoms with E-state index < -0.39 is 10.0 Å². The molecule has 150 valence electrons. The molecule has 1 aliphatic carbocycles. The molecule has 1 aromatic carbocycles. The number of anilines is 1. The Morgan fingerprint density at radius 3 is 2.50 bits per heavy atom. The van der Waals surface area contributed by atoms with Crippen molar-refractivity contribution in [1.82, 2.24) is 4.31 Å². The normalized spacial score (nSPS) is 18.0. The maximum Gasteiger partial charge on any atom is 0.276 e.